The zero-order valence-corrected chi connectivity index (χ0v) is 13.7. The lowest BCUT2D eigenvalue weighted by atomic mass is 10.1. The van der Waals surface area contributed by atoms with E-state index in [1.54, 1.807) is 4.90 Å². The Balaban J connectivity index is 2.04. The highest BCUT2D eigenvalue weighted by atomic mass is 16.5. The van der Waals surface area contributed by atoms with Crippen LogP contribution in [0.3, 0.4) is 0 Å². The van der Waals surface area contributed by atoms with Crippen molar-refractivity contribution in [2.24, 2.45) is 5.92 Å². The van der Waals surface area contributed by atoms with Gasteiger partial charge in [0.15, 0.2) is 0 Å². The van der Waals surface area contributed by atoms with Crippen molar-refractivity contribution in [1.82, 2.24) is 15.0 Å². The molecule has 1 saturated carbocycles. The van der Waals surface area contributed by atoms with Crippen molar-refractivity contribution in [3.8, 4) is 6.07 Å². The van der Waals surface area contributed by atoms with Crippen molar-refractivity contribution in [2.45, 2.75) is 39.5 Å². The van der Waals surface area contributed by atoms with Gasteiger partial charge in [0.1, 0.15) is 0 Å². The van der Waals surface area contributed by atoms with Crippen LogP contribution in [0.1, 0.15) is 54.4 Å². The van der Waals surface area contributed by atoms with Gasteiger partial charge in [-0.2, -0.15) is 5.26 Å². The van der Waals surface area contributed by atoms with Crippen molar-refractivity contribution >= 4 is 17.0 Å². The summed E-state index contributed by atoms with van der Waals surface area (Å²) in [6.07, 6.45) is 2.20. The van der Waals surface area contributed by atoms with Gasteiger partial charge in [-0.25, -0.2) is 4.98 Å². The molecule has 120 valence electrons. The molecule has 1 fully saturated rings. The summed E-state index contributed by atoms with van der Waals surface area (Å²) in [4.78, 5) is 19.2. The lowest BCUT2D eigenvalue weighted by molar-refractivity contribution is 0.0754. The summed E-state index contributed by atoms with van der Waals surface area (Å²) in [7, 11) is 0. The number of amides is 1. The number of aryl methyl sites for hydroxylation is 1. The Kier molecular flexibility index (Phi) is 4.03. The molecule has 0 spiro atoms. The van der Waals surface area contributed by atoms with Gasteiger partial charge in [0, 0.05) is 24.7 Å². The third kappa shape index (κ3) is 2.91. The normalized spacial score (nSPS) is 15.4. The highest BCUT2D eigenvalue weighted by Gasteiger charge is 2.29. The predicted molar refractivity (Wildman–Crippen MR) is 84.9 cm³/mol. The highest BCUT2D eigenvalue weighted by Crippen LogP contribution is 2.40. The van der Waals surface area contributed by atoms with E-state index in [1.807, 2.05) is 26.8 Å². The van der Waals surface area contributed by atoms with E-state index in [4.69, 9.17) is 9.78 Å². The molecule has 0 bridgehead atoms. The summed E-state index contributed by atoms with van der Waals surface area (Å²) >= 11 is 0. The molecule has 0 aromatic carbocycles. The summed E-state index contributed by atoms with van der Waals surface area (Å²) in [5.41, 5.74) is 2.59. The van der Waals surface area contributed by atoms with Crippen LogP contribution in [0, 0.1) is 24.2 Å². The Labute approximate surface area is 135 Å². The fourth-order valence-electron chi connectivity index (χ4n) is 2.77. The van der Waals surface area contributed by atoms with Gasteiger partial charge in [0.05, 0.1) is 28.6 Å². The van der Waals surface area contributed by atoms with Gasteiger partial charge in [-0.15, -0.1) is 0 Å². The summed E-state index contributed by atoms with van der Waals surface area (Å²) in [6, 6.07) is 4.06. The van der Waals surface area contributed by atoms with Crippen molar-refractivity contribution < 1.29 is 9.32 Å². The molecule has 0 saturated heterocycles. The van der Waals surface area contributed by atoms with Gasteiger partial charge in [0.25, 0.3) is 11.6 Å². The molecule has 2 aromatic heterocycles. The minimum absolute atomic E-state index is 0.0878. The van der Waals surface area contributed by atoms with E-state index >= 15 is 0 Å². The van der Waals surface area contributed by atoms with E-state index in [1.165, 1.54) is 0 Å². The molecule has 0 aliphatic heterocycles. The van der Waals surface area contributed by atoms with Crippen LogP contribution >= 0.6 is 0 Å². The van der Waals surface area contributed by atoms with Crippen molar-refractivity contribution in [3.63, 3.8) is 0 Å². The first-order valence-electron chi connectivity index (χ1n) is 8.01. The van der Waals surface area contributed by atoms with Crippen LogP contribution < -0.4 is 0 Å². The van der Waals surface area contributed by atoms with Crippen LogP contribution in [0.4, 0.5) is 0 Å². The first-order chi connectivity index (χ1) is 11.0. The van der Waals surface area contributed by atoms with E-state index < -0.39 is 0 Å². The molecule has 2 heterocycles. The third-order valence-corrected chi connectivity index (χ3v) is 4.25. The smallest absolute Gasteiger partial charge is 0.259 e. The minimum Gasteiger partial charge on any atom is -0.338 e. The number of rotatable bonds is 5. The Morgan fingerprint density at radius 2 is 2.30 bits per heavy atom. The Morgan fingerprint density at radius 1 is 1.57 bits per heavy atom. The molecule has 1 aliphatic rings. The molecular formula is C17H20N4O2. The van der Waals surface area contributed by atoms with Crippen LogP contribution in [0.2, 0.25) is 0 Å². The third-order valence-electron chi connectivity index (χ3n) is 4.25. The highest BCUT2D eigenvalue weighted by molar-refractivity contribution is 6.06. The topological polar surface area (TPSA) is 83.0 Å². The number of nitrogens with zero attached hydrogens (tertiary/aromatic N) is 4. The average molecular weight is 312 g/mol. The van der Waals surface area contributed by atoms with Gasteiger partial charge in [-0.3, -0.25) is 4.79 Å². The van der Waals surface area contributed by atoms with E-state index in [2.05, 4.69) is 16.2 Å². The SMILES string of the molecule is CCN(C[C@@H](C)C#N)C(=O)c1cc(C2CC2)nc2onc(C)c12. The van der Waals surface area contributed by atoms with Crippen LogP contribution in [0.25, 0.3) is 11.1 Å². The molecule has 0 radical (unpaired) electrons. The standard InChI is InChI=1S/C17H20N4O2/c1-4-21(9-10(2)8-18)17(22)13-7-14(12-5-6-12)19-16-15(13)11(3)20-23-16/h7,10,12H,4-6,9H2,1-3H3/t10-/m0/s1. The van der Waals surface area contributed by atoms with Crippen LogP contribution in [-0.4, -0.2) is 34.0 Å². The Bertz CT molecular complexity index is 786. The number of carbonyl (C=O) groups excluding carboxylic acids is 1. The number of aromatic nitrogens is 2. The van der Waals surface area contributed by atoms with Crippen LogP contribution in [-0.2, 0) is 0 Å². The lowest BCUT2D eigenvalue weighted by Gasteiger charge is -2.22. The van der Waals surface area contributed by atoms with Gasteiger partial charge in [-0.1, -0.05) is 5.16 Å². The van der Waals surface area contributed by atoms with E-state index in [0.717, 1.165) is 18.5 Å². The summed E-state index contributed by atoms with van der Waals surface area (Å²) in [5.74, 6) is 0.127. The van der Waals surface area contributed by atoms with Gasteiger partial charge < -0.3 is 9.42 Å². The van der Waals surface area contributed by atoms with Crippen LogP contribution in [0.15, 0.2) is 10.6 Å². The molecule has 0 unspecified atom stereocenters. The fourth-order valence-corrected chi connectivity index (χ4v) is 2.77. The largest absolute Gasteiger partial charge is 0.338 e. The second-order valence-electron chi connectivity index (χ2n) is 6.19. The zero-order valence-electron chi connectivity index (χ0n) is 13.7. The average Bonchev–Trinajstić information content (AvgIpc) is 3.35. The molecule has 1 amide bonds. The molecule has 0 N–H and O–H groups in total. The molecule has 23 heavy (non-hydrogen) atoms. The van der Waals surface area contributed by atoms with Gasteiger partial charge >= 0.3 is 0 Å². The molecule has 1 aliphatic carbocycles. The Hall–Kier alpha value is -2.42. The number of hydrogen-bond donors (Lipinski definition) is 0. The van der Waals surface area contributed by atoms with Crippen molar-refractivity contribution in [3.05, 3.63) is 23.0 Å². The molecular weight excluding hydrogens is 292 g/mol. The monoisotopic (exact) mass is 312 g/mol. The van der Waals surface area contributed by atoms with E-state index in [-0.39, 0.29) is 11.8 Å². The fraction of sp³-hybridized carbons (Fsp3) is 0.529. The second kappa shape index (κ2) is 5.99. The number of carbonyl (C=O) groups is 1. The van der Waals surface area contributed by atoms with Crippen LogP contribution in [0.5, 0.6) is 0 Å². The first kappa shape index (κ1) is 15.5. The zero-order chi connectivity index (χ0) is 16.6. The molecule has 6 nitrogen and oxygen atoms in total. The quantitative estimate of drug-likeness (QED) is 0.847. The number of fused-ring (bicyclic) bond motifs is 1. The maximum Gasteiger partial charge on any atom is 0.259 e. The van der Waals surface area contributed by atoms with E-state index in [9.17, 15) is 4.79 Å². The minimum atomic E-state index is -0.206. The number of nitriles is 1. The lowest BCUT2D eigenvalue weighted by Crippen LogP contribution is -2.34. The van der Waals surface area contributed by atoms with Gasteiger partial charge in [0.2, 0.25) is 0 Å². The molecule has 3 rings (SSSR count). The summed E-state index contributed by atoms with van der Waals surface area (Å²) in [6.45, 7) is 6.52. The van der Waals surface area contributed by atoms with Crippen molar-refractivity contribution in [1.29, 1.82) is 5.26 Å². The Morgan fingerprint density at radius 3 is 2.91 bits per heavy atom. The summed E-state index contributed by atoms with van der Waals surface area (Å²) in [5, 5.41) is 13.7. The summed E-state index contributed by atoms with van der Waals surface area (Å²) < 4.78 is 5.29. The molecule has 1 atom stereocenters. The maximum absolute atomic E-state index is 13.0. The number of hydrogen-bond acceptors (Lipinski definition) is 5. The molecule has 2 aromatic rings. The number of pyridine rings is 1. The predicted octanol–water partition coefficient (Wildman–Crippen LogP) is 3.03. The molecule has 6 heteroatoms. The van der Waals surface area contributed by atoms with Crippen molar-refractivity contribution in [2.75, 3.05) is 13.1 Å². The van der Waals surface area contributed by atoms with E-state index in [0.29, 0.717) is 41.4 Å². The maximum atomic E-state index is 13.0. The second-order valence-corrected chi connectivity index (χ2v) is 6.19. The van der Waals surface area contributed by atoms with Gasteiger partial charge in [-0.05, 0) is 39.7 Å². The first-order valence-corrected chi connectivity index (χ1v) is 8.01.